The summed E-state index contributed by atoms with van der Waals surface area (Å²) in [4.78, 5) is 32.5. The summed E-state index contributed by atoms with van der Waals surface area (Å²) >= 11 is 0. The quantitative estimate of drug-likeness (QED) is 0.282. The van der Waals surface area contributed by atoms with E-state index in [1.807, 2.05) is 24.4 Å². The topological polar surface area (TPSA) is 115 Å². The zero-order chi connectivity index (χ0) is 25.5. The van der Waals surface area contributed by atoms with Crippen LogP contribution >= 0.6 is 0 Å². The van der Waals surface area contributed by atoms with Gasteiger partial charge in [-0.3, -0.25) is 14.9 Å². The number of hydrogen-bond acceptors (Lipinski definition) is 6. The van der Waals surface area contributed by atoms with Crippen molar-refractivity contribution >= 4 is 39.3 Å². The van der Waals surface area contributed by atoms with Crippen molar-refractivity contribution in [3.05, 3.63) is 48.9 Å². The maximum absolute atomic E-state index is 12.6. The molecule has 1 amide bonds. The molecule has 9 heteroatoms. The monoisotopic (exact) mass is 506 g/mol. The summed E-state index contributed by atoms with van der Waals surface area (Å²) in [6, 6.07) is 10.1. The summed E-state index contributed by atoms with van der Waals surface area (Å²) in [6.45, 7) is 2.15. The highest BCUT2D eigenvalue weighted by molar-refractivity contribution is 5.98. The molecule has 0 aromatic carbocycles. The molecule has 0 radical (unpaired) electrons. The van der Waals surface area contributed by atoms with Crippen molar-refractivity contribution in [3.8, 4) is 22.6 Å². The van der Waals surface area contributed by atoms with Crippen molar-refractivity contribution in [1.82, 2.24) is 30.1 Å². The molecule has 2 fully saturated rings. The molecule has 3 N–H and O–H groups in total. The fourth-order valence-electron chi connectivity index (χ4n) is 5.88. The molecular formula is C29H30N8O. The second kappa shape index (κ2) is 9.55. The molecule has 0 bridgehead atoms. The van der Waals surface area contributed by atoms with E-state index < -0.39 is 0 Å². The fourth-order valence-corrected chi connectivity index (χ4v) is 5.88. The number of fused-ring (bicyclic) bond motifs is 2. The van der Waals surface area contributed by atoms with Crippen molar-refractivity contribution in [2.75, 3.05) is 23.3 Å². The lowest BCUT2D eigenvalue weighted by Crippen LogP contribution is -2.29. The van der Waals surface area contributed by atoms with Crippen LogP contribution in [0.1, 0.15) is 44.9 Å². The second-order valence-electron chi connectivity index (χ2n) is 10.4. The molecule has 38 heavy (non-hydrogen) atoms. The molecule has 2 aliphatic rings. The van der Waals surface area contributed by atoms with E-state index in [4.69, 9.17) is 4.98 Å². The first kappa shape index (κ1) is 22.9. The van der Waals surface area contributed by atoms with Gasteiger partial charge >= 0.3 is 0 Å². The lowest BCUT2D eigenvalue weighted by atomic mass is 10.1. The van der Waals surface area contributed by atoms with E-state index in [0.717, 1.165) is 83.5 Å². The molecule has 0 spiro atoms. The molecule has 5 aromatic heterocycles. The van der Waals surface area contributed by atoms with Crippen molar-refractivity contribution in [3.63, 3.8) is 0 Å². The van der Waals surface area contributed by atoms with Gasteiger partial charge in [0.1, 0.15) is 16.9 Å². The average molecular weight is 507 g/mol. The van der Waals surface area contributed by atoms with Crippen LogP contribution in [0.3, 0.4) is 0 Å². The highest BCUT2D eigenvalue weighted by atomic mass is 16.1. The number of aromatic nitrogens is 6. The normalized spacial score (nSPS) is 16.5. The average Bonchev–Trinajstić information content (AvgIpc) is 3.73. The first-order chi connectivity index (χ1) is 18.7. The summed E-state index contributed by atoms with van der Waals surface area (Å²) in [7, 11) is 0. The lowest BCUT2D eigenvalue weighted by molar-refractivity contribution is -0.119. The minimum atomic E-state index is 0.0818. The number of rotatable bonds is 5. The van der Waals surface area contributed by atoms with Crippen LogP contribution in [-0.2, 0) is 4.79 Å². The first-order valence-electron chi connectivity index (χ1n) is 13.6. The molecule has 6 heterocycles. The van der Waals surface area contributed by atoms with Gasteiger partial charge in [0.2, 0.25) is 5.91 Å². The van der Waals surface area contributed by atoms with E-state index in [1.54, 1.807) is 12.4 Å². The third-order valence-corrected chi connectivity index (χ3v) is 7.90. The number of hydrogen-bond donors (Lipinski definition) is 3. The Morgan fingerprint density at radius 2 is 1.87 bits per heavy atom. The van der Waals surface area contributed by atoms with Crippen molar-refractivity contribution < 1.29 is 4.79 Å². The zero-order valence-electron chi connectivity index (χ0n) is 21.2. The SMILES string of the molecule is O=C(Nc1cncc(-c2ccc3[nH]nc(-c4cc5c(N6CCCCC6)ccnc5[nH]4)c3n2)c1)C1CCCC1. The third-order valence-electron chi connectivity index (χ3n) is 7.90. The predicted octanol–water partition coefficient (Wildman–Crippen LogP) is 5.68. The van der Waals surface area contributed by atoms with Crippen LogP contribution in [0.5, 0.6) is 0 Å². The molecule has 0 unspecified atom stereocenters. The van der Waals surface area contributed by atoms with Gasteiger partial charge in [0.15, 0.2) is 0 Å². The van der Waals surface area contributed by atoms with E-state index in [2.05, 4.69) is 47.5 Å². The van der Waals surface area contributed by atoms with Gasteiger partial charge in [-0.1, -0.05) is 12.8 Å². The Labute approximate surface area is 220 Å². The van der Waals surface area contributed by atoms with Crippen LogP contribution in [0.25, 0.3) is 44.7 Å². The molecule has 1 saturated carbocycles. The van der Waals surface area contributed by atoms with Gasteiger partial charge in [0.05, 0.1) is 28.8 Å². The lowest BCUT2D eigenvalue weighted by Gasteiger charge is -2.29. The van der Waals surface area contributed by atoms with Gasteiger partial charge in [-0.15, -0.1) is 0 Å². The van der Waals surface area contributed by atoms with Gasteiger partial charge in [-0.2, -0.15) is 5.10 Å². The minimum absolute atomic E-state index is 0.0818. The van der Waals surface area contributed by atoms with Crippen LogP contribution in [0, 0.1) is 5.92 Å². The van der Waals surface area contributed by atoms with Crippen molar-refractivity contribution in [1.29, 1.82) is 0 Å². The van der Waals surface area contributed by atoms with Gasteiger partial charge in [-0.05, 0) is 62.4 Å². The number of carbonyl (C=O) groups is 1. The van der Waals surface area contributed by atoms with Gasteiger partial charge in [-0.25, -0.2) is 9.97 Å². The van der Waals surface area contributed by atoms with Gasteiger partial charge in [0, 0.05) is 48.0 Å². The van der Waals surface area contributed by atoms with Crippen LogP contribution in [0.2, 0.25) is 0 Å². The van der Waals surface area contributed by atoms with E-state index >= 15 is 0 Å². The number of amides is 1. The zero-order valence-corrected chi connectivity index (χ0v) is 21.2. The third kappa shape index (κ3) is 4.17. The number of piperidine rings is 1. The van der Waals surface area contributed by atoms with Crippen molar-refractivity contribution in [2.45, 2.75) is 44.9 Å². The number of nitrogens with one attached hydrogen (secondary N) is 3. The molecule has 0 atom stereocenters. The smallest absolute Gasteiger partial charge is 0.227 e. The number of nitrogens with zero attached hydrogens (tertiary/aromatic N) is 5. The van der Waals surface area contributed by atoms with E-state index in [1.165, 1.54) is 24.9 Å². The van der Waals surface area contributed by atoms with Crippen LogP contribution in [0.4, 0.5) is 11.4 Å². The van der Waals surface area contributed by atoms with E-state index in [0.29, 0.717) is 5.69 Å². The van der Waals surface area contributed by atoms with Crippen LogP contribution in [-0.4, -0.2) is 49.1 Å². The van der Waals surface area contributed by atoms with Crippen LogP contribution in [0.15, 0.2) is 48.9 Å². The Bertz CT molecular complexity index is 1620. The Morgan fingerprint density at radius 3 is 2.74 bits per heavy atom. The molecular weight excluding hydrogens is 476 g/mol. The predicted molar refractivity (Wildman–Crippen MR) is 149 cm³/mol. The summed E-state index contributed by atoms with van der Waals surface area (Å²) in [6.07, 6.45) is 13.2. The summed E-state index contributed by atoms with van der Waals surface area (Å²) < 4.78 is 0. The first-order valence-corrected chi connectivity index (χ1v) is 13.6. The fraction of sp³-hybridized carbons (Fsp3) is 0.345. The Balaban J connectivity index is 1.22. The number of pyridine rings is 3. The van der Waals surface area contributed by atoms with Gasteiger partial charge in [0.25, 0.3) is 0 Å². The maximum atomic E-state index is 12.6. The minimum Gasteiger partial charge on any atom is -0.371 e. The largest absolute Gasteiger partial charge is 0.371 e. The number of anilines is 2. The van der Waals surface area contributed by atoms with Gasteiger partial charge < -0.3 is 15.2 Å². The molecule has 192 valence electrons. The molecule has 9 nitrogen and oxygen atoms in total. The van der Waals surface area contributed by atoms with E-state index in [9.17, 15) is 4.79 Å². The summed E-state index contributed by atoms with van der Waals surface area (Å²) in [5.74, 6) is 0.182. The molecule has 5 aromatic rings. The van der Waals surface area contributed by atoms with Crippen LogP contribution < -0.4 is 10.2 Å². The number of aromatic amines is 2. The molecule has 1 aliphatic carbocycles. The second-order valence-corrected chi connectivity index (χ2v) is 10.4. The van der Waals surface area contributed by atoms with E-state index in [-0.39, 0.29) is 11.8 Å². The highest BCUT2D eigenvalue weighted by Crippen LogP contribution is 2.34. The van der Waals surface area contributed by atoms with Crippen molar-refractivity contribution in [2.24, 2.45) is 5.92 Å². The summed E-state index contributed by atoms with van der Waals surface area (Å²) in [5.41, 5.74) is 7.63. The Kier molecular flexibility index (Phi) is 5.76. The summed E-state index contributed by atoms with van der Waals surface area (Å²) in [5, 5.41) is 11.9. The Hall–Kier alpha value is -4.27. The number of H-pyrrole nitrogens is 2. The highest BCUT2D eigenvalue weighted by Gasteiger charge is 2.23. The number of carbonyl (C=O) groups excluding carboxylic acids is 1. The molecule has 1 saturated heterocycles. The maximum Gasteiger partial charge on any atom is 0.227 e. The molecule has 7 rings (SSSR count). The molecule has 1 aliphatic heterocycles. The standard InChI is InChI=1S/C29H30N8O/c38-29(18-6-2-3-7-18)32-20-14-19(16-30-17-20)22-8-9-23-26(33-22)27(36-35-23)24-15-21-25(10-11-31-28(21)34-24)37-12-4-1-5-13-37/h8-11,14-18H,1-7,12-13H2,(H,31,34)(H,32,38)(H,35,36). The Morgan fingerprint density at radius 1 is 1.00 bits per heavy atom.